The fourth-order valence-electron chi connectivity index (χ4n) is 2.13. The normalized spacial score (nSPS) is 16.6. The van der Waals surface area contributed by atoms with Gasteiger partial charge in [0.2, 0.25) is 0 Å². The maximum absolute atomic E-state index is 12.6. The molecule has 6 heteroatoms. The van der Waals surface area contributed by atoms with Gasteiger partial charge in [-0.25, -0.2) is 12.4 Å². The second-order valence-electron chi connectivity index (χ2n) is 4.62. The number of nitrogens with zero attached hydrogens (tertiary/aromatic N) is 1. The van der Waals surface area contributed by atoms with Gasteiger partial charge in [-0.3, -0.25) is 0 Å². The summed E-state index contributed by atoms with van der Waals surface area (Å²) in [5.74, 6) is 0. The summed E-state index contributed by atoms with van der Waals surface area (Å²) in [5.41, 5.74) is 1.50. The maximum Gasteiger partial charge on any atom is 0.268 e. The van der Waals surface area contributed by atoms with E-state index in [1.54, 1.807) is 36.4 Å². The van der Waals surface area contributed by atoms with Crippen molar-refractivity contribution in [1.29, 1.82) is 0 Å². The van der Waals surface area contributed by atoms with Crippen LogP contribution in [0.1, 0.15) is 17.5 Å². The van der Waals surface area contributed by atoms with Gasteiger partial charge in [-0.2, -0.15) is 0 Å². The molecule has 20 heavy (non-hydrogen) atoms. The molecule has 2 aromatic rings. The van der Waals surface area contributed by atoms with Gasteiger partial charge in [0, 0.05) is 6.20 Å². The van der Waals surface area contributed by atoms with E-state index in [-0.39, 0.29) is 4.90 Å². The molecule has 0 N–H and O–H groups in total. The highest BCUT2D eigenvalue weighted by Crippen LogP contribution is 2.27. The molecule has 0 atom stereocenters. The summed E-state index contributed by atoms with van der Waals surface area (Å²) in [4.78, 5) is 0.249. The molecule has 0 aliphatic carbocycles. The van der Waals surface area contributed by atoms with Crippen molar-refractivity contribution in [2.24, 2.45) is 0 Å². The molecule has 2 heterocycles. The summed E-state index contributed by atoms with van der Waals surface area (Å²) in [6.45, 7) is 2.86. The van der Waals surface area contributed by atoms with Crippen molar-refractivity contribution in [3.8, 4) is 0 Å². The van der Waals surface area contributed by atoms with Crippen LogP contribution in [0.4, 0.5) is 0 Å². The summed E-state index contributed by atoms with van der Waals surface area (Å²) in [6.07, 6.45) is 0.889. The van der Waals surface area contributed by atoms with E-state index in [2.05, 4.69) is 0 Å². The third-order valence-corrected chi connectivity index (χ3v) is 4.90. The number of aromatic nitrogens is 1. The molecule has 1 aliphatic heterocycles. The SMILES string of the molecule is Cc1ccc(S(=O)(=O)n2cccc2C2OCCO2)cc1. The highest BCUT2D eigenvalue weighted by Gasteiger charge is 2.27. The molecule has 1 aromatic carbocycles. The van der Waals surface area contributed by atoms with Crippen LogP contribution in [0.2, 0.25) is 0 Å². The minimum Gasteiger partial charge on any atom is -0.345 e. The van der Waals surface area contributed by atoms with E-state index >= 15 is 0 Å². The quantitative estimate of drug-likeness (QED) is 0.869. The Bertz CT molecular complexity index is 697. The van der Waals surface area contributed by atoms with E-state index in [1.165, 1.54) is 10.2 Å². The fourth-order valence-corrected chi connectivity index (χ4v) is 3.50. The first-order chi connectivity index (χ1) is 9.59. The molecule has 1 aromatic heterocycles. The van der Waals surface area contributed by atoms with Crippen LogP contribution in [0.15, 0.2) is 47.5 Å². The van der Waals surface area contributed by atoms with Gasteiger partial charge in [0.1, 0.15) is 0 Å². The highest BCUT2D eigenvalue weighted by molar-refractivity contribution is 7.90. The second kappa shape index (κ2) is 5.05. The Balaban J connectivity index is 2.03. The van der Waals surface area contributed by atoms with Crippen molar-refractivity contribution in [2.45, 2.75) is 18.1 Å². The highest BCUT2D eigenvalue weighted by atomic mass is 32.2. The fraction of sp³-hybridized carbons (Fsp3) is 0.286. The molecule has 1 fully saturated rings. The summed E-state index contributed by atoms with van der Waals surface area (Å²) in [7, 11) is -3.62. The lowest BCUT2D eigenvalue weighted by Crippen LogP contribution is -2.17. The molecule has 0 unspecified atom stereocenters. The van der Waals surface area contributed by atoms with Crippen LogP contribution in [0.5, 0.6) is 0 Å². The number of hydrogen-bond donors (Lipinski definition) is 0. The minimum absolute atomic E-state index is 0.249. The van der Waals surface area contributed by atoms with Gasteiger partial charge < -0.3 is 9.47 Å². The summed E-state index contributed by atoms with van der Waals surface area (Å²) < 4.78 is 37.2. The summed E-state index contributed by atoms with van der Waals surface area (Å²) in [5, 5.41) is 0. The van der Waals surface area contributed by atoms with E-state index in [0.717, 1.165) is 5.56 Å². The Hall–Kier alpha value is -1.63. The number of hydrogen-bond acceptors (Lipinski definition) is 4. The van der Waals surface area contributed by atoms with Crippen molar-refractivity contribution in [3.63, 3.8) is 0 Å². The molecular formula is C14H15NO4S. The molecule has 0 spiro atoms. The predicted octanol–water partition coefficient (Wildman–Crippen LogP) is 2.08. The van der Waals surface area contributed by atoms with E-state index in [1.807, 2.05) is 6.92 Å². The zero-order valence-electron chi connectivity index (χ0n) is 11.0. The third-order valence-electron chi connectivity index (χ3n) is 3.18. The second-order valence-corrected chi connectivity index (χ2v) is 6.44. The first-order valence-corrected chi connectivity index (χ1v) is 7.76. The molecule has 0 amide bonds. The van der Waals surface area contributed by atoms with Gasteiger partial charge in [-0.1, -0.05) is 17.7 Å². The van der Waals surface area contributed by atoms with E-state index in [0.29, 0.717) is 18.9 Å². The summed E-state index contributed by atoms with van der Waals surface area (Å²) in [6, 6.07) is 10.1. The van der Waals surface area contributed by atoms with Crippen LogP contribution < -0.4 is 0 Å². The molecule has 106 valence electrons. The molecule has 1 aliphatic rings. The van der Waals surface area contributed by atoms with Crippen LogP contribution in [0.3, 0.4) is 0 Å². The Morgan fingerprint density at radius 2 is 1.75 bits per heavy atom. The van der Waals surface area contributed by atoms with Gasteiger partial charge in [0.15, 0.2) is 6.29 Å². The lowest BCUT2D eigenvalue weighted by molar-refractivity contribution is -0.0477. The monoisotopic (exact) mass is 293 g/mol. The summed E-state index contributed by atoms with van der Waals surface area (Å²) >= 11 is 0. The van der Waals surface area contributed by atoms with E-state index in [4.69, 9.17) is 9.47 Å². The maximum atomic E-state index is 12.6. The van der Waals surface area contributed by atoms with Gasteiger partial charge in [-0.15, -0.1) is 0 Å². The van der Waals surface area contributed by atoms with Crippen LogP contribution in [0, 0.1) is 6.92 Å². The molecule has 0 bridgehead atoms. The van der Waals surface area contributed by atoms with Gasteiger partial charge in [0.05, 0.1) is 23.8 Å². The van der Waals surface area contributed by atoms with Crippen LogP contribution in [-0.2, 0) is 19.5 Å². The standard InChI is InChI=1S/C14H15NO4S/c1-11-4-6-12(7-5-11)20(16,17)15-8-2-3-13(15)14-18-9-10-19-14/h2-8,14H,9-10H2,1H3. The number of aryl methyl sites for hydroxylation is 1. The van der Waals surface area contributed by atoms with Crippen molar-refractivity contribution in [1.82, 2.24) is 3.97 Å². The van der Waals surface area contributed by atoms with Crippen molar-refractivity contribution in [3.05, 3.63) is 53.9 Å². The average molecular weight is 293 g/mol. The van der Waals surface area contributed by atoms with E-state index < -0.39 is 16.3 Å². The molecule has 0 saturated carbocycles. The smallest absolute Gasteiger partial charge is 0.268 e. The average Bonchev–Trinajstić information content (AvgIpc) is 3.10. The topological polar surface area (TPSA) is 57.5 Å². The number of ether oxygens (including phenoxy) is 2. The van der Waals surface area contributed by atoms with Crippen molar-refractivity contribution >= 4 is 10.0 Å². The lowest BCUT2D eigenvalue weighted by atomic mass is 10.2. The predicted molar refractivity (Wildman–Crippen MR) is 72.8 cm³/mol. The Kier molecular flexibility index (Phi) is 3.37. The third kappa shape index (κ3) is 2.26. The first kappa shape index (κ1) is 13.4. The van der Waals surface area contributed by atoms with Gasteiger partial charge in [0.25, 0.3) is 10.0 Å². The van der Waals surface area contributed by atoms with Crippen LogP contribution in [0.25, 0.3) is 0 Å². The van der Waals surface area contributed by atoms with Gasteiger partial charge >= 0.3 is 0 Å². The molecule has 1 saturated heterocycles. The van der Waals surface area contributed by atoms with Gasteiger partial charge in [-0.05, 0) is 31.2 Å². The molecule has 0 radical (unpaired) electrons. The Labute approximate surface area is 117 Å². The number of rotatable bonds is 3. The van der Waals surface area contributed by atoms with Crippen LogP contribution in [-0.4, -0.2) is 25.6 Å². The zero-order chi connectivity index (χ0) is 14.2. The zero-order valence-corrected chi connectivity index (χ0v) is 11.8. The molecule has 5 nitrogen and oxygen atoms in total. The minimum atomic E-state index is -3.62. The van der Waals surface area contributed by atoms with Crippen molar-refractivity contribution < 1.29 is 17.9 Å². The largest absolute Gasteiger partial charge is 0.345 e. The van der Waals surface area contributed by atoms with Crippen LogP contribution >= 0.6 is 0 Å². The molecule has 3 rings (SSSR count). The first-order valence-electron chi connectivity index (χ1n) is 6.32. The Morgan fingerprint density at radius 1 is 1.10 bits per heavy atom. The number of benzene rings is 1. The van der Waals surface area contributed by atoms with Crippen molar-refractivity contribution in [2.75, 3.05) is 13.2 Å². The molecular weight excluding hydrogens is 278 g/mol. The van der Waals surface area contributed by atoms with E-state index in [9.17, 15) is 8.42 Å². The Morgan fingerprint density at radius 3 is 2.40 bits per heavy atom. The lowest BCUT2D eigenvalue weighted by Gasteiger charge is -2.14.